The maximum Gasteiger partial charge on any atom is 0.609 e. The van der Waals surface area contributed by atoms with Crippen molar-refractivity contribution < 1.29 is 0 Å². The van der Waals surface area contributed by atoms with E-state index in [0.717, 1.165) is 0 Å². The minimum Gasteiger partial charge on any atom is -0.357 e. The molecule has 0 saturated heterocycles. The molecule has 0 aliphatic heterocycles. The molecule has 384 valence electrons. The molecule has 4 heteroatoms. The number of hydrogen-bond acceptors (Lipinski definition) is 3. The summed E-state index contributed by atoms with van der Waals surface area (Å²) in [5.74, 6) is 0. The van der Waals surface area contributed by atoms with Gasteiger partial charge < -0.3 is 11.7 Å². The van der Waals surface area contributed by atoms with Crippen molar-refractivity contribution in [2.75, 3.05) is 39.3 Å². The second-order valence-electron chi connectivity index (χ2n) is 21.3. The van der Waals surface area contributed by atoms with Crippen LogP contribution in [0.25, 0.3) is 0 Å². The first-order chi connectivity index (χ1) is 31.7. The fourth-order valence-corrected chi connectivity index (χ4v) is 14.3. The molecule has 0 saturated carbocycles. The molecule has 0 rings (SSSR count). The van der Waals surface area contributed by atoms with Crippen LogP contribution < -0.4 is 0 Å². The van der Waals surface area contributed by atoms with Gasteiger partial charge in [-0.05, 0) is 77.8 Å². The summed E-state index contributed by atoms with van der Waals surface area (Å²) < 4.78 is 9.79. The Morgan fingerprint density at radius 3 is 0.391 bits per heavy atom. The van der Waals surface area contributed by atoms with E-state index in [2.05, 4.69) is 53.2 Å². The van der Waals surface area contributed by atoms with Gasteiger partial charge in [-0.15, -0.1) is 0 Å². The third-order valence-electron chi connectivity index (χ3n) is 14.8. The maximum atomic E-state index is 3.26. The SMILES string of the molecule is CCCCCCCCCC[N](CCCCCCCCCC)[Al]([N](CCCCCCCCCC)CCCCCCCCCC)[N](CCCCCCCCCC)CCCCCCCCCC. The molecule has 0 radical (unpaired) electrons. The highest BCUT2D eigenvalue weighted by Gasteiger charge is 2.40. The van der Waals surface area contributed by atoms with Crippen LogP contribution in [-0.4, -0.2) is 65.7 Å². The number of unbranched alkanes of at least 4 members (excludes halogenated alkanes) is 42. The Labute approximate surface area is 413 Å². The van der Waals surface area contributed by atoms with Crippen LogP contribution >= 0.6 is 0 Å². The minimum absolute atomic E-state index is 1.36. The molecule has 0 atom stereocenters. The lowest BCUT2D eigenvalue weighted by Crippen LogP contribution is -2.64. The Hall–Kier alpha value is 0.412. The molecule has 3 nitrogen and oxygen atoms in total. The van der Waals surface area contributed by atoms with E-state index in [1.807, 2.05) is 0 Å². The summed E-state index contributed by atoms with van der Waals surface area (Å²) in [5, 5.41) is 0. The third-order valence-corrected chi connectivity index (χ3v) is 18.3. The summed E-state index contributed by atoms with van der Waals surface area (Å²) in [7, 11) is 0. The maximum absolute atomic E-state index is 3.26. The molecule has 0 unspecified atom stereocenters. The highest BCUT2D eigenvalue weighted by Crippen LogP contribution is 2.21. The Kier molecular flexibility index (Phi) is 56.4. The van der Waals surface area contributed by atoms with E-state index in [4.69, 9.17) is 0 Å². The van der Waals surface area contributed by atoms with Crippen molar-refractivity contribution in [2.24, 2.45) is 0 Å². The number of hydrogen-bond donors (Lipinski definition) is 0. The Morgan fingerprint density at radius 1 is 0.156 bits per heavy atom. The fourth-order valence-electron chi connectivity index (χ4n) is 10.4. The van der Waals surface area contributed by atoms with Gasteiger partial charge in [-0.2, -0.15) is 0 Å². The average molecular weight is 917 g/mol. The van der Waals surface area contributed by atoms with Crippen LogP contribution in [-0.2, 0) is 0 Å². The molecular weight excluding hydrogens is 790 g/mol. The fraction of sp³-hybridized carbons (Fsp3) is 1.00. The van der Waals surface area contributed by atoms with Gasteiger partial charge in [-0.3, -0.25) is 0 Å². The van der Waals surface area contributed by atoms with Gasteiger partial charge in [0.05, 0.1) is 0 Å². The summed E-state index contributed by atoms with van der Waals surface area (Å²) in [6.45, 7) is 22.4. The Bertz CT molecular complexity index is 658. The summed E-state index contributed by atoms with van der Waals surface area (Å²) in [5.41, 5.74) is 0. The third kappa shape index (κ3) is 44.9. The monoisotopic (exact) mass is 916 g/mol. The lowest BCUT2D eigenvalue weighted by atomic mass is 10.1. The van der Waals surface area contributed by atoms with Gasteiger partial charge in [-0.25, -0.2) is 0 Å². The lowest BCUT2D eigenvalue weighted by Gasteiger charge is -2.42. The summed E-state index contributed by atoms with van der Waals surface area (Å²) in [6, 6.07) is 0. The largest absolute Gasteiger partial charge is 0.609 e. The number of rotatable bonds is 57. The van der Waals surface area contributed by atoms with E-state index in [9.17, 15) is 0 Å². The molecule has 0 aliphatic rings. The molecule has 0 bridgehead atoms. The lowest BCUT2D eigenvalue weighted by molar-refractivity contribution is 0.245. The van der Waals surface area contributed by atoms with E-state index < -0.39 is 14.8 Å². The summed E-state index contributed by atoms with van der Waals surface area (Å²) >= 11 is -1.52. The van der Waals surface area contributed by atoms with Crippen LogP contribution in [0.5, 0.6) is 0 Å². The van der Waals surface area contributed by atoms with E-state index in [-0.39, 0.29) is 0 Å². The standard InChI is InChI=1S/3C20H42N.Al/c3*1-3-5-7-9-11-13-15-17-19-21-20-18-16-14-12-10-8-6-4-2;/h3*3-20H2,1-2H3;/q3*-1;+3. The zero-order valence-corrected chi connectivity index (χ0v) is 47.3. The first kappa shape index (κ1) is 64.4. The summed E-state index contributed by atoms with van der Waals surface area (Å²) in [4.78, 5) is 0. The van der Waals surface area contributed by atoms with E-state index >= 15 is 0 Å². The Morgan fingerprint density at radius 2 is 0.266 bits per heavy atom. The van der Waals surface area contributed by atoms with Crippen molar-refractivity contribution in [3.63, 3.8) is 0 Å². The first-order valence-corrected chi connectivity index (χ1v) is 32.5. The van der Waals surface area contributed by atoms with Crippen LogP contribution in [0.4, 0.5) is 0 Å². The van der Waals surface area contributed by atoms with E-state index in [1.165, 1.54) is 347 Å². The van der Waals surface area contributed by atoms with Crippen molar-refractivity contribution in [1.29, 1.82) is 0 Å². The van der Waals surface area contributed by atoms with Gasteiger partial charge in [0.2, 0.25) is 0 Å². The zero-order chi connectivity index (χ0) is 46.5. The normalized spacial score (nSPS) is 12.0. The van der Waals surface area contributed by atoms with E-state index in [0.29, 0.717) is 0 Å². The molecule has 0 fully saturated rings. The van der Waals surface area contributed by atoms with Gasteiger partial charge in [0.1, 0.15) is 0 Å². The molecule has 64 heavy (non-hydrogen) atoms. The van der Waals surface area contributed by atoms with Crippen molar-refractivity contribution in [3.8, 4) is 0 Å². The minimum atomic E-state index is -1.52. The molecular formula is C60H126AlN3. The predicted octanol–water partition coefficient (Wildman–Crippen LogP) is 20.7. The van der Waals surface area contributed by atoms with Crippen LogP contribution in [0.2, 0.25) is 0 Å². The molecule has 0 N–H and O–H groups in total. The van der Waals surface area contributed by atoms with Crippen LogP contribution in [0.1, 0.15) is 350 Å². The molecule has 0 aromatic carbocycles. The second kappa shape index (κ2) is 56.0. The van der Waals surface area contributed by atoms with Crippen molar-refractivity contribution in [3.05, 3.63) is 0 Å². The van der Waals surface area contributed by atoms with Gasteiger partial charge >= 0.3 is 14.8 Å². The quantitative estimate of drug-likeness (QED) is 0.0445. The van der Waals surface area contributed by atoms with Gasteiger partial charge in [0.25, 0.3) is 0 Å². The van der Waals surface area contributed by atoms with Crippen molar-refractivity contribution in [2.45, 2.75) is 350 Å². The first-order valence-electron chi connectivity index (χ1n) is 30.9. The molecule has 0 heterocycles. The molecule has 0 aliphatic carbocycles. The van der Waals surface area contributed by atoms with Gasteiger partial charge in [-0.1, -0.05) is 311 Å². The van der Waals surface area contributed by atoms with E-state index in [1.54, 1.807) is 0 Å². The highest BCUT2D eigenvalue weighted by molar-refractivity contribution is 6.49. The molecule has 0 amide bonds. The number of nitrogens with zero attached hydrogens (tertiary/aromatic N) is 3. The average Bonchev–Trinajstić information content (AvgIpc) is 3.30. The van der Waals surface area contributed by atoms with Crippen LogP contribution in [0.15, 0.2) is 0 Å². The zero-order valence-electron chi connectivity index (χ0n) is 46.1. The van der Waals surface area contributed by atoms with Gasteiger partial charge in [0, 0.05) is 0 Å². The summed E-state index contributed by atoms with van der Waals surface area (Å²) in [6.07, 6.45) is 69.1. The topological polar surface area (TPSA) is 9.72 Å². The predicted molar refractivity (Wildman–Crippen MR) is 296 cm³/mol. The second-order valence-corrected chi connectivity index (χ2v) is 24.2. The van der Waals surface area contributed by atoms with Crippen molar-refractivity contribution in [1.82, 2.24) is 11.7 Å². The Balaban J connectivity index is 6.49. The molecule has 0 aromatic rings. The van der Waals surface area contributed by atoms with Crippen molar-refractivity contribution >= 4 is 14.8 Å². The molecule has 0 spiro atoms. The smallest absolute Gasteiger partial charge is 0.357 e. The highest BCUT2D eigenvalue weighted by atomic mass is 27.2. The van der Waals surface area contributed by atoms with Crippen LogP contribution in [0.3, 0.4) is 0 Å². The molecule has 0 aromatic heterocycles. The van der Waals surface area contributed by atoms with Gasteiger partial charge in [0.15, 0.2) is 0 Å². The van der Waals surface area contributed by atoms with Crippen LogP contribution in [0, 0.1) is 0 Å².